The lowest BCUT2D eigenvalue weighted by atomic mass is 9.67. The molecular formula is C55H33NOS2. The van der Waals surface area contributed by atoms with Gasteiger partial charge in [0.1, 0.15) is 11.2 Å². The average Bonchev–Trinajstić information content (AvgIpc) is 4.05. The molecule has 0 N–H and O–H groups in total. The van der Waals surface area contributed by atoms with Crippen LogP contribution < -0.4 is 4.90 Å². The van der Waals surface area contributed by atoms with Crippen LogP contribution in [-0.2, 0) is 5.41 Å². The number of benzene rings is 9. The van der Waals surface area contributed by atoms with Gasteiger partial charge >= 0.3 is 0 Å². The number of thiophene rings is 2. The highest BCUT2D eigenvalue weighted by Crippen LogP contribution is 2.58. The molecule has 0 atom stereocenters. The Kier molecular flexibility index (Phi) is 7.00. The fourth-order valence-electron chi connectivity index (χ4n) is 10.1. The minimum absolute atomic E-state index is 0.525. The molecule has 3 heterocycles. The molecule has 0 fully saturated rings. The van der Waals surface area contributed by atoms with E-state index in [0.29, 0.717) is 0 Å². The smallest absolute Gasteiger partial charge is 0.137 e. The predicted molar refractivity (Wildman–Crippen MR) is 251 cm³/mol. The van der Waals surface area contributed by atoms with Crippen molar-refractivity contribution in [2.24, 2.45) is 0 Å². The molecule has 9 aromatic carbocycles. The molecule has 3 aromatic heterocycles. The first-order valence-corrected chi connectivity index (χ1v) is 21.7. The number of rotatable bonds is 5. The van der Waals surface area contributed by atoms with Gasteiger partial charge in [-0.15, -0.1) is 22.7 Å². The van der Waals surface area contributed by atoms with Crippen molar-refractivity contribution in [3.8, 4) is 11.1 Å². The number of nitrogens with zero attached hydrogens (tertiary/aromatic N) is 1. The zero-order valence-corrected chi connectivity index (χ0v) is 33.4. The first kappa shape index (κ1) is 33.0. The van der Waals surface area contributed by atoms with E-state index < -0.39 is 5.41 Å². The molecule has 0 radical (unpaired) electrons. The largest absolute Gasteiger partial charge is 0.456 e. The van der Waals surface area contributed by atoms with E-state index in [-0.39, 0.29) is 0 Å². The van der Waals surface area contributed by atoms with Crippen LogP contribution >= 0.6 is 22.7 Å². The quantitative estimate of drug-likeness (QED) is 0.173. The van der Waals surface area contributed by atoms with Gasteiger partial charge < -0.3 is 9.32 Å². The molecule has 59 heavy (non-hydrogen) atoms. The van der Waals surface area contributed by atoms with E-state index in [1.165, 1.54) is 73.7 Å². The van der Waals surface area contributed by atoms with Crippen molar-refractivity contribution >= 4 is 102 Å². The molecule has 0 amide bonds. The van der Waals surface area contributed by atoms with Crippen LogP contribution in [0.3, 0.4) is 0 Å². The maximum Gasteiger partial charge on any atom is 0.137 e. The normalized spacial score (nSPS) is 13.2. The predicted octanol–water partition coefficient (Wildman–Crippen LogP) is 16.2. The summed E-state index contributed by atoms with van der Waals surface area (Å²) >= 11 is 3.79. The fraction of sp³-hybridized carbons (Fsp3) is 0.0182. The lowest BCUT2D eigenvalue weighted by molar-refractivity contribution is 0.669. The van der Waals surface area contributed by atoms with Gasteiger partial charge in [-0.05, 0) is 88.0 Å². The number of fused-ring (bicyclic) bond motifs is 13. The van der Waals surface area contributed by atoms with Crippen LogP contribution in [0.4, 0.5) is 17.1 Å². The molecular weight excluding hydrogens is 755 g/mol. The minimum Gasteiger partial charge on any atom is -0.456 e. The van der Waals surface area contributed by atoms with Crippen molar-refractivity contribution in [2.45, 2.75) is 5.41 Å². The Morgan fingerprint density at radius 1 is 0.390 bits per heavy atom. The molecule has 1 aliphatic carbocycles. The highest BCUT2D eigenvalue weighted by Gasteiger charge is 2.46. The lowest BCUT2D eigenvalue weighted by Crippen LogP contribution is -2.28. The van der Waals surface area contributed by atoms with Crippen molar-refractivity contribution in [3.63, 3.8) is 0 Å². The van der Waals surface area contributed by atoms with E-state index >= 15 is 0 Å². The van der Waals surface area contributed by atoms with Crippen LogP contribution in [0.2, 0.25) is 0 Å². The Morgan fingerprint density at radius 3 is 1.86 bits per heavy atom. The van der Waals surface area contributed by atoms with Gasteiger partial charge in [-0.2, -0.15) is 0 Å². The van der Waals surface area contributed by atoms with Crippen LogP contribution in [0.25, 0.3) is 73.4 Å². The molecule has 0 bridgehead atoms. The summed E-state index contributed by atoms with van der Waals surface area (Å²) in [7, 11) is 0. The summed E-state index contributed by atoms with van der Waals surface area (Å²) in [6, 6.07) is 73.7. The SMILES string of the molecule is c1ccc(C2(c3ccccc3)c3ccccc3-c3ccc(N(c4ccc5c(c4)oc4ccccc45)c4cccc5sc6ccc7c8ccccc8sc7c6c45)cc32)cc1. The number of para-hydroxylation sites is 1. The first-order chi connectivity index (χ1) is 29.3. The zero-order valence-electron chi connectivity index (χ0n) is 31.7. The molecule has 0 spiro atoms. The second-order valence-electron chi connectivity index (χ2n) is 15.5. The van der Waals surface area contributed by atoms with Gasteiger partial charge in [0.15, 0.2) is 0 Å². The minimum atomic E-state index is -0.525. The van der Waals surface area contributed by atoms with E-state index in [9.17, 15) is 0 Å². The average molecular weight is 788 g/mol. The van der Waals surface area contributed by atoms with Gasteiger partial charge in [0.05, 0.1) is 11.1 Å². The Morgan fingerprint density at radius 2 is 1.02 bits per heavy atom. The maximum atomic E-state index is 6.59. The fourth-order valence-corrected chi connectivity index (χ4v) is 12.6. The van der Waals surface area contributed by atoms with Crippen LogP contribution in [0.1, 0.15) is 22.3 Å². The van der Waals surface area contributed by atoms with Gasteiger partial charge in [-0.1, -0.05) is 140 Å². The van der Waals surface area contributed by atoms with Gasteiger partial charge in [0.25, 0.3) is 0 Å². The highest BCUT2D eigenvalue weighted by atomic mass is 32.1. The number of hydrogen-bond acceptors (Lipinski definition) is 4. The van der Waals surface area contributed by atoms with E-state index in [0.717, 1.165) is 39.0 Å². The molecule has 13 rings (SSSR count). The van der Waals surface area contributed by atoms with Crippen molar-refractivity contribution in [1.29, 1.82) is 0 Å². The van der Waals surface area contributed by atoms with Crippen LogP contribution in [0.15, 0.2) is 205 Å². The standard InChI is InChI=1S/C55H33NOS2/c1-3-14-34(15-4-1)55(35-16-5-2-6-17-35)44-21-10-7-18-38(44)39-28-26-36(32-45(39)55)56(37-27-29-41-40-19-8-11-23-47(40)57-48(41)33-37)46-22-13-25-50-52(46)53-51(58-50)31-30-43-42-20-9-12-24-49(42)59-54(43)53/h1-33H. The molecule has 276 valence electrons. The number of hydrogen-bond donors (Lipinski definition) is 0. The van der Waals surface area contributed by atoms with Crippen LogP contribution in [0.5, 0.6) is 0 Å². The van der Waals surface area contributed by atoms with E-state index in [1.807, 2.05) is 28.7 Å². The molecule has 0 unspecified atom stereocenters. The summed E-state index contributed by atoms with van der Waals surface area (Å²) in [5.41, 5.74) is 12.2. The third-order valence-corrected chi connectivity index (χ3v) is 14.9. The number of anilines is 3. The van der Waals surface area contributed by atoms with Crippen molar-refractivity contribution in [2.75, 3.05) is 4.90 Å². The summed E-state index contributed by atoms with van der Waals surface area (Å²) in [5, 5.41) is 7.47. The second kappa shape index (κ2) is 12.5. The zero-order chi connectivity index (χ0) is 38.7. The molecule has 0 aliphatic heterocycles. The molecule has 0 saturated heterocycles. The van der Waals surface area contributed by atoms with E-state index in [4.69, 9.17) is 4.42 Å². The van der Waals surface area contributed by atoms with Crippen LogP contribution in [-0.4, -0.2) is 0 Å². The van der Waals surface area contributed by atoms with Crippen molar-refractivity contribution < 1.29 is 4.42 Å². The molecule has 1 aliphatic rings. The Hall–Kier alpha value is -6.98. The summed E-state index contributed by atoms with van der Waals surface area (Å²) in [6.45, 7) is 0. The summed E-state index contributed by atoms with van der Waals surface area (Å²) < 4.78 is 11.8. The molecule has 12 aromatic rings. The Balaban J connectivity index is 1.14. The van der Waals surface area contributed by atoms with Crippen molar-refractivity contribution in [1.82, 2.24) is 0 Å². The van der Waals surface area contributed by atoms with Gasteiger partial charge in [-0.25, -0.2) is 0 Å². The van der Waals surface area contributed by atoms with Gasteiger partial charge in [-0.3, -0.25) is 0 Å². The monoisotopic (exact) mass is 787 g/mol. The lowest BCUT2D eigenvalue weighted by Gasteiger charge is -2.35. The summed E-state index contributed by atoms with van der Waals surface area (Å²) in [6.07, 6.45) is 0. The molecule has 4 heteroatoms. The second-order valence-corrected chi connectivity index (χ2v) is 17.7. The van der Waals surface area contributed by atoms with E-state index in [2.05, 4.69) is 199 Å². The number of furan rings is 1. The van der Waals surface area contributed by atoms with E-state index in [1.54, 1.807) is 0 Å². The molecule has 2 nitrogen and oxygen atoms in total. The summed E-state index contributed by atoms with van der Waals surface area (Å²) in [4.78, 5) is 2.48. The third-order valence-electron chi connectivity index (χ3n) is 12.5. The molecule has 0 saturated carbocycles. The summed E-state index contributed by atoms with van der Waals surface area (Å²) in [5.74, 6) is 0. The highest BCUT2D eigenvalue weighted by molar-refractivity contribution is 7.29. The Labute approximate surface area is 348 Å². The Bertz CT molecular complexity index is 3590. The van der Waals surface area contributed by atoms with Crippen molar-refractivity contribution in [3.05, 3.63) is 222 Å². The van der Waals surface area contributed by atoms with Gasteiger partial charge in [0, 0.05) is 68.6 Å². The van der Waals surface area contributed by atoms with Gasteiger partial charge in [0.2, 0.25) is 0 Å². The third kappa shape index (κ3) is 4.61. The van der Waals surface area contributed by atoms with Crippen LogP contribution in [0, 0.1) is 0 Å². The first-order valence-electron chi connectivity index (χ1n) is 20.1. The topological polar surface area (TPSA) is 16.4 Å². The maximum absolute atomic E-state index is 6.59.